The lowest BCUT2D eigenvalue weighted by atomic mass is 9.74. The van der Waals surface area contributed by atoms with Gasteiger partial charge in [-0.05, 0) is 64.6 Å². The minimum absolute atomic E-state index is 0.0201. The lowest BCUT2D eigenvalue weighted by molar-refractivity contribution is -0.125. The lowest BCUT2D eigenvalue weighted by Gasteiger charge is -2.45. The number of carbonyl (C=O) groups excluding carboxylic acids is 1. The van der Waals surface area contributed by atoms with E-state index in [1.807, 2.05) is 0 Å². The van der Waals surface area contributed by atoms with Crippen molar-refractivity contribution < 1.29 is 4.79 Å². The summed E-state index contributed by atoms with van der Waals surface area (Å²) < 4.78 is 0. The van der Waals surface area contributed by atoms with Crippen LogP contribution >= 0.6 is 11.6 Å². The van der Waals surface area contributed by atoms with Crippen LogP contribution in [0, 0.1) is 11.3 Å². The number of nitrogens with zero attached hydrogens (tertiary/aromatic N) is 3. The first-order chi connectivity index (χ1) is 17.6. The average molecular weight is 538 g/mol. The van der Waals surface area contributed by atoms with Gasteiger partial charge < -0.3 is 27.0 Å². The third-order valence-corrected chi connectivity index (χ3v) is 9.01. The van der Waals surface area contributed by atoms with E-state index in [0.717, 1.165) is 75.4 Å². The number of hydrogen-bond donors (Lipinski definition) is 4. The molecule has 0 aliphatic carbocycles. The minimum atomic E-state index is -0.813. The molecule has 4 atom stereocenters. The molecule has 2 saturated heterocycles. The summed E-state index contributed by atoms with van der Waals surface area (Å²) in [5, 5.41) is 7.57. The first-order valence-corrected chi connectivity index (χ1v) is 14.8. The maximum atomic E-state index is 13.8. The maximum Gasteiger partial charge on any atom is 0.232 e. The second kappa shape index (κ2) is 14.4. The second-order valence-electron chi connectivity index (χ2n) is 12.1. The molecule has 0 saturated carbocycles. The molecule has 6 N–H and O–H groups in total. The molecule has 9 heteroatoms. The van der Waals surface area contributed by atoms with Crippen molar-refractivity contribution in [2.24, 2.45) is 27.8 Å². The van der Waals surface area contributed by atoms with Crippen molar-refractivity contribution in [2.45, 2.75) is 95.9 Å². The summed E-state index contributed by atoms with van der Waals surface area (Å²) in [7, 11) is 4.33. The van der Waals surface area contributed by atoms with E-state index in [-0.39, 0.29) is 17.4 Å². The Morgan fingerprint density at radius 3 is 2.68 bits per heavy atom. The zero-order valence-corrected chi connectivity index (χ0v) is 24.4. The van der Waals surface area contributed by atoms with E-state index in [9.17, 15) is 4.79 Å². The third-order valence-electron chi connectivity index (χ3n) is 8.74. The topological polar surface area (TPSA) is 112 Å². The molecule has 8 nitrogen and oxygen atoms in total. The van der Waals surface area contributed by atoms with Crippen molar-refractivity contribution in [1.29, 1.82) is 0 Å². The van der Waals surface area contributed by atoms with Gasteiger partial charge in [0.15, 0.2) is 0 Å². The normalized spacial score (nSPS) is 32.2. The van der Waals surface area contributed by atoms with Gasteiger partial charge in [-0.25, -0.2) is 0 Å². The number of nitrogens with one attached hydrogen (secondary N) is 2. The zero-order chi connectivity index (χ0) is 27.0. The van der Waals surface area contributed by atoms with Crippen LogP contribution < -0.4 is 22.1 Å². The standard InChI is InChI=1S/C28H52ClN7O/c1-5-6-7-12-28(2)13-8-20(29)18-33-22(17-28)25(26(30)31)27(37)34-23-19-32-14-9-24(23)36-15-10-21(11-16-36)35(3)4/h8,21,23-26,32H,5-7,9-19,30-31H2,1-4H3,(H,34,37)/b20-8+,33-22+/t23?,24?,25?,28-/m1/s1. The maximum absolute atomic E-state index is 13.8. The predicted octanol–water partition coefficient (Wildman–Crippen LogP) is 2.66. The Morgan fingerprint density at radius 2 is 2.03 bits per heavy atom. The SMILES string of the molecule is CCCCC[C@]1(C)C/C=C(/Cl)C/N=C(/C(C(=O)NC2CNCCC2N2CCC(N(C)C)CC2)C(N)N)C1. The average Bonchev–Trinajstić information content (AvgIpc) is 2.86. The number of likely N-dealkylation sites (tertiary alicyclic amines) is 1. The van der Waals surface area contributed by atoms with Gasteiger partial charge in [0, 0.05) is 42.5 Å². The van der Waals surface area contributed by atoms with E-state index in [2.05, 4.69) is 54.5 Å². The van der Waals surface area contributed by atoms with E-state index < -0.39 is 12.1 Å². The second-order valence-corrected chi connectivity index (χ2v) is 12.6. The van der Waals surface area contributed by atoms with Gasteiger partial charge in [0.1, 0.15) is 5.92 Å². The summed E-state index contributed by atoms with van der Waals surface area (Å²) in [4.78, 5) is 23.6. The molecule has 0 radical (unpaired) electrons. The number of unbranched alkanes of at least 4 members (excludes halogenated alkanes) is 2. The summed E-state index contributed by atoms with van der Waals surface area (Å²) in [5.74, 6) is -0.762. The molecule has 37 heavy (non-hydrogen) atoms. The van der Waals surface area contributed by atoms with Crippen molar-refractivity contribution >= 4 is 23.2 Å². The minimum Gasteiger partial charge on any atom is -0.350 e. The molecular weight excluding hydrogens is 486 g/mol. The van der Waals surface area contributed by atoms with Crippen molar-refractivity contribution in [3.8, 4) is 0 Å². The van der Waals surface area contributed by atoms with Gasteiger partial charge in [0.2, 0.25) is 5.91 Å². The van der Waals surface area contributed by atoms with Crippen LogP contribution in [0.4, 0.5) is 0 Å². The number of aliphatic imine (C=N–C) groups is 1. The molecule has 0 bridgehead atoms. The van der Waals surface area contributed by atoms with E-state index in [4.69, 9.17) is 28.1 Å². The van der Waals surface area contributed by atoms with Crippen molar-refractivity contribution in [1.82, 2.24) is 20.4 Å². The number of allylic oxidation sites excluding steroid dienone is 1. The molecule has 1 amide bonds. The largest absolute Gasteiger partial charge is 0.350 e. The Bertz CT molecular complexity index is 793. The smallest absolute Gasteiger partial charge is 0.232 e. The molecular formula is C28H52ClN7O. The molecule has 2 fully saturated rings. The number of rotatable bonds is 10. The Kier molecular flexibility index (Phi) is 11.9. The molecule has 3 unspecified atom stereocenters. The molecule has 212 valence electrons. The fourth-order valence-corrected chi connectivity index (χ4v) is 6.49. The van der Waals surface area contributed by atoms with Crippen molar-refractivity contribution in [2.75, 3.05) is 46.8 Å². The van der Waals surface area contributed by atoms with Crippen LogP contribution in [0.15, 0.2) is 16.1 Å². The van der Waals surface area contributed by atoms with Crippen LogP contribution in [0.25, 0.3) is 0 Å². The highest BCUT2D eigenvalue weighted by atomic mass is 35.5. The molecule has 3 heterocycles. The van der Waals surface area contributed by atoms with Crippen LogP contribution in [0.3, 0.4) is 0 Å². The van der Waals surface area contributed by atoms with Crippen molar-refractivity contribution in [3.63, 3.8) is 0 Å². The van der Waals surface area contributed by atoms with Gasteiger partial charge in [0.25, 0.3) is 0 Å². The van der Waals surface area contributed by atoms with Gasteiger partial charge in [-0.3, -0.25) is 14.7 Å². The van der Waals surface area contributed by atoms with E-state index >= 15 is 0 Å². The molecule has 0 spiro atoms. The van der Waals surface area contributed by atoms with E-state index in [1.54, 1.807) is 0 Å². The highest BCUT2D eigenvalue weighted by Crippen LogP contribution is 2.37. The lowest BCUT2D eigenvalue weighted by Crippen LogP contribution is -2.63. The van der Waals surface area contributed by atoms with Crippen LogP contribution in [0.2, 0.25) is 0 Å². The zero-order valence-electron chi connectivity index (χ0n) is 23.6. The molecule has 3 aliphatic rings. The highest BCUT2D eigenvalue weighted by Gasteiger charge is 2.38. The van der Waals surface area contributed by atoms with Crippen molar-refractivity contribution in [3.05, 3.63) is 11.1 Å². The molecule has 3 aliphatic heterocycles. The molecule has 0 aromatic heterocycles. The molecule has 0 aromatic carbocycles. The first-order valence-electron chi connectivity index (χ1n) is 14.4. The fourth-order valence-electron chi connectivity index (χ4n) is 6.35. The Hall–Kier alpha value is -1.03. The van der Waals surface area contributed by atoms with E-state index in [0.29, 0.717) is 25.0 Å². The Morgan fingerprint density at radius 1 is 1.30 bits per heavy atom. The number of halogens is 1. The fraction of sp³-hybridized carbons (Fsp3) is 0.857. The van der Waals surface area contributed by atoms with Crippen LogP contribution in [0.5, 0.6) is 0 Å². The van der Waals surface area contributed by atoms with E-state index in [1.165, 1.54) is 12.8 Å². The summed E-state index contributed by atoms with van der Waals surface area (Å²) in [6.45, 7) is 8.73. The summed E-state index contributed by atoms with van der Waals surface area (Å²) >= 11 is 6.48. The number of nitrogens with two attached hydrogens (primary N) is 2. The molecule has 0 aromatic rings. The monoisotopic (exact) mass is 537 g/mol. The summed E-state index contributed by atoms with van der Waals surface area (Å²) in [6, 6.07) is 0.973. The Balaban J connectivity index is 1.73. The van der Waals surface area contributed by atoms with Gasteiger partial charge in [-0.2, -0.15) is 0 Å². The van der Waals surface area contributed by atoms with Crippen LogP contribution in [-0.4, -0.2) is 92.5 Å². The van der Waals surface area contributed by atoms with Gasteiger partial charge in [-0.15, -0.1) is 0 Å². The highest BCUT2D eigenvalue weighted by molar-refractivity contribution is 6.30. The molecule has 3 rings (SSSR count). The van der Waals surface area contributed by atoms with Gasteiger partial charge in [-0.1, -0.05) is 50.8 Å². The van der Waals surface area contributed by atoms with Crippen LogP contribution in [0.1, 0.15) is 71.6 Å². The number of piperidine rings is 2. The summed E-state index contributed by atoms with van der Waals surface area (Å²) in [6.07, 6.45) is 10.8. The number of hydrogen-bond acceptors (Lipinski definition) is 7. The number of carbonyl (C=O) groups is 1. The predicted molar refractivity (Wildman–Crippen MR) is 155 cm³/mol. The quantitative estimate of drug-likeness (QED) is 0.252. The van der Waals surface area contributed by atoms with Gasteiger partial charge in [0.05, 0.1) is 18.8 Å². The van der Waals surface area contributed by atoms with Gasteiger partial charge >= 0.3 is 0 Å². The van der Waals surface area contributed by atoms with Crippen LogP contribution in [-0.2, 0) is 4.79 Å². The first kappa shape index (κ1) is 30.5. The summed E-state index contributed by atoms with van der Waals surface area (Å²) in [5.41, 5.74) is 13.4. The third kappa shape index (κ3) is 8.73. The number of amides is 1. The Labute approximate surface area is 230 Å².